The number of rotatable bonds is 5. The van der Waals surface area contributed by atoms with Crippen LogP contribution in [0.15, 0.2) is 12.1 Å². The summed E-state index contributed by atoms with van der Waals surface area (Å²) in [6, 6.07) is 3.20. The van der Waals surface area contributed by atoms with Gasteiger partial charge in [0.15, 0.2) is 11.5 Å². The minimum Gasteiger partial charge on any atom is -0.493 e. The van der Waals surface area contributed by atoms with Crippen molar-refractivity contribution >= 4 is 11.8 Å². The second-order valence-corrected chi connectivity index (χ2v) is 6.36. The van der Waals surface area contributed by atoms with Crippen LogP contribution < -0.4 is 20.5 Å². The van der Waals surface area contributed by atoms with Gasteiger partial charge in [0.05, 0.1) is 25.5 Å². The summed E-state index contributed by atoms with van der Waals surface area (Å²) in [5.41, 5.74) is 4.50. The van der Waals surface area contributed by atoms with Crippen LogP contribution in [0.4, 0.5) is 10.5 Å². The molecule has 0 spiro atoms. The Balaban J connectivity index is 3.28. The van der Waals surface area contributed by atoms with Gasteiger partial charge in [-0.05, 0) is 45.4 Å². The topological polar surface area (TPSA) is 103 Å². The van der Waals surface area contributed by atoms with E-state index in [1.807, 2.05) is 0 Å². The first-order valence-electron chi connectivity index (χ1n) is 7.23. The predicted octanol–water partition coefficient (Wildman–Crippen LogP) is 2.22. The van der Waals surface area contributed by atoms with E-state index < -0.39 is 17.3 Å². The molecule has 4 N–H and O–H groups in total. The average molecular weight is 326 g/mol. The van der Waals surface area contributed by atoms with Crippen LogP contribution in [0.3, 0.4) is 0 Å². The van der Waals surface area contributed by atoms with Crippen molar-refractivity contribution in [3.8, 4) is 11.5 Å². The molecule has 0 saturated carbocycles. The minimum absolute atomic E-state index is 0.00829. The van der Waals surface area contributed by atoms with Crippen LogP contribution in [-0.2, 0) is 10.3 Å². The monoisotopic (exact) mass is 326 g/mol. The Morgan fingerprint density at radius 3 is 2.26 bits per heavy atom. The van der Waals surface area contributed by atoms with Gasteiger partial charge in [-0.2, -0.15) is 0 Å². The number of hydrogen-bond donors (Lipinski definition) is 3. The Labute approximate surface area is 136 Å². The summed E-state index contributed by atoms with van der Waals surface area (Å²) in [5, 5.41) is 13.0. The Morgan fingerprint density at radius 1 is 1.22 bits per heavy atom. The summed E-state index contributed by atoms with van der Waals surface area (Å²) in [5.74, 6) is 0.694. The highest BCUT2D eigenvalue weighted by atomic mass is 16.6. The maximum atomic E-state index is 12.0. The number of hydrogen-bond acceptors (Lipinski definition) is 6. The van der Waals surface area contributed by atoms with Crippen molar-refractivity contribution in [2.24, 2.45) is 5.73 Å². The molecule has 0 radical (unpaired) electrons. The van der Waals surface area contributed by atoms with E-state index in [9.17, 15) is 9.90 Å². The third-order valence-corrected chi connectivity index (χ3v) is 3.13. The molecule has 23 heavy (non-hydrogen) atoms. The van der Waals surface area contributed by atoms with Crippen LogP contribution in [0.1, 0.15) is 33.3 Å². The standard InChI is InChI=1S/C16H26N2O5/c1-15(2,3)23-14(19)18-11-7-10(16(4,20)9-17)8-12(21-5)13(11)22-6/h7-8,20H,9,17H2,1-6H3,(H,18,19). The molecule has 1 aromatic rings. The lowest BCUT2D eigenvalue weighted by Gasteiger charge is -2.25. The van der Waals surface area contributed by atoms with E-state index in [1.165, 1.54) is 14.2 Å². The molecule has 130 valence electrons. The van der Waals surface area contributed by atoms with Crippen LogP contribution >= 0.6 is 0 Å². The van der Waals surface area contributed by atoms with Crippen LogP contribution in [0.2, 0.25) is 0 Å². The molecule has 0 saturated heterocycles. The molecular weight excluding hydrogens is 300 g/mol. The fraction of sp³-hybridized carbons (Fsp3) is 0.562. The lowest BCUT2D eigenvalue weighted by atomic mass is 9.95. The van der Waals surface area contributed by atoms with Crippen molar-refractivity contribution in [2.45, 2.75) is 38.9 Å². The first-order valence-corrected chi connectivity index (χ1v) is 7.23. The minimum atomic E-state index is -1.27. The van der Waals surface area contributed by atoms with Gasteiger partial charge in [-0.25, -0.2) is 4.79 Å². The number of nitrogens with two attached hydrogens (primary N) is 1. The average Bonchev–Trinajstić information content (AvgIpc) is 2.44. The fourth-order valence-corrected chi connectivity index (χ4v) is 1.90. The van der Waals surface area contributed by atoms with E-state index in [4.69, 9.17) is 19.9 Å². The van der Waals surface area contributed by atoms with Gasteiger partial charge in [0.2, 0.25) is 0 Å². The Bertz CT molecular complexity index is 564. The number of carbonyl (C=O) groups excluding carboxylic acids is 1. The summed E-state index contributed by atoms with van der Waals surface area (Å²) in [6.07, 6.45) is -0.637. The normalized spacial score (nSPS) is 13.9. The molecule has 0 aliphatic rings. The highest BCUT2D eigenvalue weighted by molar-refractivity contribution is 5.88. The van der Waals surface area contributed by atoms with Crippen molar-refractivity contribution < 1.29 is 24.1 Å². The third kappa shape index (κ3) is 5.01. The number of nitrogens with one attached hydrogen (secondary N) is 1. The van der Waals surface area contributed by atoms with Crippen LogP contribution in [-0.4, -0.2) is 37.6 Å². The van der Waals surface area contributed by atoms with Crippen molar-refractivity contribution in [3.05, 3.63) is 17.7 Å². The summed E-state index contributed by atoms with van der Waals surface area (Å²) in [7, 11) is 2.93. The van der Waals surface area contributed by atoms with Gasteiger partial charge in [0.1, 0.15) is 5.60 Å². The number of ether oxygens (including phenoxy) is 3. The van der Waals surface area contributed by atoms with E-state index in [1.54, 1.807) is 39.8 Å². The predicted molar refractivity (Wildman–Crippen MR) is 88.0 cm³/mol. The highest BCUT2D eigenvalue weighted by Gasteiger charge is 2.26. The van der Waals surface area contributed by atoms with Crippen LogP contribution in [0, 0.1) is 0 Å². The molecule has 7 heteroatoms. The zero-order valence-electron chi connectivity index (χ0n) is 14.5. The maximum absolute atomic E-state index is 12.0. The number of benzene rings is 1. The largest absolute Gasteiger partial charge is 0.493 e. The molecule has 0 aromatic heterocycles. The van der Waals surface area contributed by atoms with Crippen molar-refractivity contribution in [3.63, 3.8) is 0 Å². The van der Waals surface area contributed by atoms with Crippen molar-refractivity contribution in [2.75, 3.05) is 26.1 Å². The van der Waals surface area contributed by atoms with E-state index in [0.717, 1.165) is 0 Å². The maximum Gasteiger partial charge on any atom is 0.412 e. The Kier molecular flexibility index (Phi) is 5.85. The van der Waals surface area contributed by atoms with Crippen LogP contribution in [0.5, 0.6) is 11.5 Å². The van der Waals surface area contributed by atoms with E-state index in [0.29, 0.717) is 22.7 Å². The lowest BCUT2D eigenvalue weighted by Crippen LogP contribution is -2.31. The highest BCUT2D eigenvalue weighted by Crippen LogP contribution is 2.39. The number of methoxy groups -OCH3 is 2. The first kappa shape index (κ1) is 19.1. The molecule has 0 fully saturated rings. The molecule has 1 unspecified atom stereocenters. The van der Waals surface area contributed by atoms with Gasteiger partial charge in [-0.3, -0.25) is 5.32 Å². The fourth-order valence-electron chi connectivity index (χ4n) is 1.90. The summed E-state index contributed by atoms with van der Waals surface area (Å²) in [6.45, 7) is 6.87. The van der Waals surface area contributed by atoms with Gasteiger partial charge < -0.3 is 25.1 Å². The van der Waals surface area contributed by atoms with E-state index in [-0.39, 0.29) is 6.54 Å². The smallest absolute Gasteiger partial charge is 0.412 e. The molecule has 0 aliphatic heterocycles. The second kappa shape index (κ2) is 7.06. The number of carbonyl (C=O) groups is 1. The first-order chi connectivity index (χ1) is 10.5. The molecular formula is C16H26N2O5. The van der Waals surface area contributed by atoms with Crippen molar-refractivity contribution in [1.29, 1.82) is 0 Å². The quantitative estimate of drug-likeness (QED) is 0.766. The van der Waals surface area contributed by atoms with Crippen LogP contribution in [0.25, 0.3) is 0 Å². The zero-order chi connectivity index (χ0) is 17.8. The van der Waals surface area contributed by atoms with Gasteiger partial charge in [-0.1, -0.05) is 0 Å². The zero-order valence-corrected chi connectivity index (χ0v) is 14.5. The lowest BCUT2D eigenvalue weighted by molar-refractivity contribution is 0.0628. The van der Waals surface area contributed by atoms with Gasteiger partial charge in [0.25, 0.3) is 0 Å². The summed E-state index contributed by atoms with van der Waals surface area (Å²) >= 11 is 0. The molecule has 1 rings (SSSR count). The molecule has 0 aliphatic carbocycles. The second-order valence-electron chi connectivity index (χ2n) is 6.36. The number of aliphatic hydroxyl groups is 1. The van der Waals surface area contributed by atoms with Gasteiger partial charge in [-0.15, -0.1) is 0 Å². The van der Waals surface area contributed by atoms with Gasteiger partial charge in [0, 0.05) is 6.54 Å². The molecule has 7 nitrogen and oxygen atoms in total. The Hall–Kier alpha value is -1.99. The summed E-state index contributed by atoms with van der Waals surface area (Å²) in [4.78, 5) is 12.0. The molecule has 1 atom stereocenters. The van der Waals surface area contributed by atoms with Crippen molar-refractivity contribution in [1.82, 2.24) is 0 Å². The molecule has 1 aromatic carbocycles. The molecule has 1 amide bonds. The van der Waals surface area contributed by atoms with E-state index in [2.05, 4.69) is 5.32 Å². The SMILES string of the molecule is COc1cc(C(C)(O)CN)cc(NC(=O)OC(C)(C)C)c1OC. The number of anilines is 1. The summed E-state index contributed by atoms with van der Waals surface area (Å²) < 4.78 is 15.8. The van der Waals surface area contributed by atoms with Gasteiger partial charge >= 0.3 is 6.09 Å². The molecule has 0 heterocycles. The number of amides is 1. The molecule has 0 bridgehead atoms. The third-order valence-electron chi connectivity index (χ3n) is 3.13. The van der Waals surface area contributed by atoms with E-state index >= 15 is 0 Å². The Morgan fingerprint density at radius 2 is 1.83 bits per heavy atom.